The van der Waals surface area contributed by atoms with Crippen LogP contribution in [0.15, 0.2) is 72.9 Å². The van der Waals surface area contributed by atoms with E-state index in [1.165, 1.54) is 6.42 Å². The number of anilines is 1. The van der Waals surface area contributed by atoms with Gasteiger partial charge in [0.15, 0.2) is 0 Å². The first-order valence-corrected chi connectivity index (χ1v) is 10.6. The number of ether oxygens (including phenoxy) is 1. The van der Waals surface area contributed by atoms with Crippen LogP contribution in [0, 0.1) is 0 Å². The molecule has 4 rings (SSSR count). The number of nitrogens with zero attached hydrogens (tertiary/aromatic N) is 2. The summed E-state index contributed by atoms with van der Waals surface area (Å²) < 4.78 is 5.98. The molecule has 1 N–H and O–H groups in total. The summed E-state index contributed by atoms with van der Waals surface area (Å²) in [5.74, 6) is 1.49. The van der Waals surface area contributed by atoms with Crippen molar-refractivity contribution in [2.45, 2.75) is 19.3 Å². The van der Waals surface area contributed by atoms with E-state index in [1.807, 2.05) is 54.6 Å². The number of hydrogen-bond acceptors (Lipinski definition) is 4. The number of carbonyl (C=O) groups is 1. The summed E-state index contributed by atoms with van der Waals surface area (Å²) in [5, 5.41) is 2.98. The largest absolute Gasteiger partial charge is 0.491 e. The quantitative estimate of drug-likeness (QED) is 0.590. The van der Waals surface area contributed by atoms with E-state index in [2.05, 4.69) is 27.3 Å². The molecule has 1 aromatic heterocycles. The van der Waals surface area contributed by atoms with Crippen molar-refractivity contribution < 1.29 is 9.53 Å². The van der Waals surface area contributed by atoms with Gasteiger partial charge in [-0.1, -0.05) is 48.5 Å². The maximum absolute atomic E-state index is 12.8. The maximum Gasteiger partial charge on any atom is 0.255 e. The van der Waals surface area contributed by atoms with Crippen LogP contribution in [0.4, 0.5) is 5.82 Å². The highest BCUT2D eigenvalue weighted by Crippen LogP contribution is 2.29. The van der Waals surface area contributed by atoms with Gasteiger partial charge in [0, 0.05) is 24.8 Å². The maximum atomic E-state index is 12.8. The third kappa shape index (κ3) is 4.79. The molecular formula is C25H27N3O2. The molecule has 5 nitrogen and oxygen atoms in total. The average molecular weight is 402 g/mol. The Morgan fingerprint density at radius 2 is 1.70 bits per heavy atom. The van der Waals surface area contributed by atoms with Gasteiger partial charge in [-0.05, 0) is 43.0 Å². The fourth-order valence-corrected chi connectivity index (χ4v) is 3.80. The highest BCUT2D eigenvalue weighted by molar-refractivity contribution is 5.98. The number of amides is 1. The zero-order valence-corrected chi connectivity index (χ0v) is 17.1. The number of nitrogens with one attached hydrogen (secondary N) is 1. The van der Waals surface area contributed by atoms with Crippen LogP contribution in [-0.4, -0.2) is 37.1 Å². The Kier molecular flexibility index (Phi) is 6.60. The molecule has 0 saturated carbocycles. The molecule has 1 fully saturated rings. The van der Waals surface area contributed by atoms with E-state index >= 15 is 0 Å². The second-order valence-electron chi connectivity index (χ2n) is 7.39. The van der Waals surface area contributed by atoms with Gasteiger partial charge < -0.3 is 15.0 Å². The molecule has 5 heteroatoms. The first kappa shape index (κ1) is 20.0. The van der Waals surface area contributed by atoms with Crippen molar-refractivity contribution in [2.24, 2.45) is 0 Å². The van der Waals surface area contributed by atoms with Gasteiger partial charge >= 0.3 is 0 Å². The van der Waals surface area contributed by atoms with Gasteiger partial charge in [0.05, 0.1) is 12.1 Å². The van der Waals surface area contributed by atoms with E-state index in [0.29, 0.717) is 18.7 Å². The molecule has 0 unspecified atom stereocenters. The minimum absolute atomic E-state index is 0.108. The lowest BCUT2D eigenvalue weighted by Gasteiger charge is -2.29. The summed E-state index contributed by atoms with van der Waals surface area (Å²) in [4.78, 5) is 19.5. The minimum Gasteiger partial charge on any atom is -0.491 e. The van der Waals surface area contributed by atoms with Crippen LogP contribution < -0.4 is 15.0 Å². The molecule has 30 heavy (non-hydrogen) atoms. The van der Waals surface area contributed by atoms with Crippen molar-refractivity contribution in [1.82, 2.24) is 10.3 Å². The topological polar surface area (TPSA) is 54.5 Å². The van der Waals surface area contributed by atoms with E-state index in [-0.39, 0.29) is 5.91 Å². The van der Waals surface area contributed by atoms with Crippen LogP contribution in [-0.2, 0) is 0 Å². The average Bonchev–Trinajstić information content (AvgIpc) is 2.83. The van der Waals surface area contributed by atoms with Crippen LogP contribution in [0.2, 0.25) is 0 Å². The van der Waals surface area contributed by atoms with Crippen LogP contribution in [0.5, 0.6) is 5.75 Å². The number of piperidine rings is 1. The Hall–Kier alpha value is -3.34. The summed E-state index contributed by atoms with van der Waals surface area (Å²) in [6, 6.07) is 21.8. The molecule has 1 amide bonds. The zero-order chi connectivity index (χ0) is 20.6. The van der Waals surface area contributed by atoms with Gasteiger partial charge in [-0.15, -0.1) is 0 Å². The number of benzene rings is 2. The number of aromatic nitrogens is 1. The van der Waals surface area contributed by atoms with Gasteiger partial charge in [-0.2, -0.15) is 0 Å². The number of carbonyl (C=O) groups excluding carboxylic acids is 1. The molecule has 0 bridgehead atoms. The zero-order valence-electron chi connectivity index (χ0n) is 17.1. The molecule has 1 aliphatic rings. The molecule has 0 spiro atoms. The Labute approximate surface area is 177 Å². The van der Waals surface area contributed by atoms with Gasteiger partial charge in [-0.3, -0.25) is 4.79 Å². The Bertz CT molecular complexity index is 969. The van der Waals surface area contributed by atoms with E-state index in [4.69, 9.17) is 4.74 Å². The fraction of sp³-hybridized carbons (Fsp3) is 0.280. The Morgan fingerprint density at radius 3 is 2.53 bits per heavy atom. The van der Waals surface area contributed by atoms with Gasteiger partial charge in [-0.25, -0.2) is 4.98 Å². The molecule has 0 aliphatic carbocycles. The van der Waals surface area contributed by atoms with Crippen LogP contribution in [0.1, 0.15) is 29.6 Å². The normalized spacial score (nSPS) is 13.7. The Balaban J connectivity index is 1.36. The number of hydrogen-bond donors (Lipinski definition) is 1. The third-order valence-corrected chi connectivity index (χ3v) is 5.30. The molecule has 2 heterocycles. The predicted molar refractivity (Wildman–Crippen MR) is 120 cm³/mol. The van der Waals surface area contributed by atoms with Crippen molar-refractivity contribution in [3.8, 4) is 16.9 Å². The highest BCUT2D eigenvalue weighted by atomic mass is 16.5. The van der Waals surface area contributed by atoms with Gasteiger partial charge in [0.2, 0.25) is 0 Å². The number of pyridine rings is 1. The van der Waals surface area contributed by atoms with Crippen molar-refractivity contribution in [1.29, 1.82) is 0 Å². The van der Waals surface area contributed by atoms with Crippen LogP contribution in [0.3, 0.4) is 0 Å². The predicted octanol–water partition coefficient (Wildman–Crippen LogP) is 4.55. The molecule has 3 aromatic rings. The van der Waals surface area contributed by atoms with Crippen LogP contribution >= 0.6 is 0 Å². The number of para-hydroxylation sites is 1. The third-order valence-electron chi connectivity index (χ3n) is 5.30. The van der Waals surface area contributed by atoms with Crippen molar-refractivity contribution in [3.63, 3.8) is 0 Å². The SMILES string of the molecule is O=C(NCCOc1ccccc1-c1ccccc1)c1cccnc1N1CCCCC1. The minimum atomic E-state index is -0.108. The van der Waals surface area contributed by atoms with Crippen molar-refractivity contribution >= 4 is 11.7 Å². The molecule has 2 aromatic carbocycles. The highest BCUT2D eigenvalue weighted by Gasteiger charge is 2.19. The first-order valence-electron chi connectivity index (χ1n) is 10.6. The molecule has 154 valence electrons. The van der Waals surface area contributed by atoms with Crippen molar-refractivity contribution in [3.05, 3.63) is 78.5 Å². The molecule has 1 aliphatic heterocycles. The summed E-state index contributed by atoms with van der Waals surface area (Å²) in [7, 11) is 0. The monoisotopic (exact) mass is 401 g/mol. The first-order chi connectivity index (χ1) is 14.8. The Morgan fingerprint density at radius 1 is 0.933 bits per heavy atom. The molecule has 1 saturated heterocycles. The second-order valence-corrected chi connectivity index (χ2v) is 7.39. The summed E-state index contributed by atoms with van der Waals surface area (Å²) in [6.45, 7) is 2.73. The van der Waals surface area contributed by atoms with E-state index in [1.54, 1.807) is 6.20 Å². The van der Waals surface area contributed by atoms with E-state index < -0.39 is 0 Å². The lowest BCUT2D eigenvalue weighted by molar-refractivity contribution is 0.0947. The number of rotatable bonds is 7. The molecule has 0 radical (unpaired) electrons. The summed E-state index contributed by atoms with van der Waals surface area (Å²) in [6.07, 6.45) is 5.29. The lowest BCUT2D eigenvalue weighted by Crippen LogP contribution is -2.34. The second kappa shape index (κ2) is 9.92. The standard InChI is InChI=1S/C25H27N3O2/c29-25(22-13-9-15-26-24(22)28-17-7-2-8-18-28)27-16-19-30-23-14-6-5-12-21(23)20-10-3-1-4-11-20/h1,3-6,9-15H,2,7-8,16-19H2,(H,27,29). The van der Waals surface area contributed by atoms with Gasteiger partial charge in [0.25, 0.3) is 5.91 Å². The molecular weight excluding hydrogens is 374 g/mol. The molecule has 0 atom stereocenters. The smallest absolute Gasteiger partial charge is 0.255 e. The lowest BCUT2D eigenvalue weighted by atomic mass is 10.1. The van der Waals surface area contributed by atoms with Crippen LogP contribution in [0.25, 0.3) is 11.1 Å². The van der Waals surface area contributed by atoms with Gasteiger partial charge in [0.1, 0.15) is 18.2 Å². The fourth-order valence-electron chi connectivity index (χ4n) is 3.80. The van der Waals surface area contributed by atoms with E-state index in [9.17, 15) is 4.79 Å². The van der Waals surface area contributed by atoms with Crippen molar-refractivity contribution in [2.75, 3.05) is 31.1 Å². The van der Waals surface area contributed by atoms with E-state index in [0.717, 1.165) is 48.6 Å². The summed E-state index contributed by atoms with van der Waals surface area (Å²) >= 11 is 0. The summed E-state index contributed by atoms with van der Waals surface area (Å²) in [5.41, 5.74) is 2.78.